The molecule has 0 unspecified atom stereocenters. The molecule has 3 rings (SSSR count). The summed E-state index contributed by atoms with van der Waals surface area (Å²) in [5, 5.41) is 6.21. The van der Waals surface area contributed by atoms with Gasteiger partial charge in [-0.1, -0.05) is 5.16 Å². The molecule has 7 nitrogen and oxygen atoms in total. The zero-order valence-electron chi connectivity index (χ0n) is 12.4. The van der Waals surface area contributed by atoms with E-state index in [2.05, 4.69) is 20.4 Å². The highest BCUT2D eigenvalue weighted by atomic mass is 16.5. The van der Waals surface area contributed by atoms with Crippen LogP contribution >= 0.6 is 0 Å². The number of hydrogen-bond donors (Lipinski definition) is 1. The molecule has 0 aliphatic rings. The maximum atomic E-state index is 11.8. The van der Waals surface area contributed by atoms with Crippen LogP contribution in [0.4, 0.5) is 0 Å². The lowest BCUT2D eigenvalue weighted by Gasteiger charge is -2.06. The largest absolute Gasteiger partial charge is 0.497 e. The van der Waals surface area contributed by atoms with Crippen molar-refractivity contribution in [1.29, 1.82) is 0 Å². The van der Waals surface area contributed by atoms with Crippen LogP contribution in [0.2, 0.25) is 0 Å². The summed E-state index contributed by atoms with van der Waals surface area (Å²) in [6.45, 7) is 0.269. The lowest BCUT2D eigenvalue weighted by atomic mass is 10.1. The summed E-state index contributed by atoms with van der Waals surface area (Å²) in [4.78, 5) is 20.2. The fraction of sp³-hybridized carbons (Fsp3) is 0.125. The Bertz CT molecular complexity index is 785. The van der Waals surface area contributed by atoms with Crippen LogP contribution < -0.4 is 10.1 Å². The standard InChI is InChI=1S/C16H14N4O3/c1-22-13-4-2-11(3-5-13)14-8-12(18-10-19-14)9-17-16(21)15-6-7-20-23-15/h2-8,10H,9H2,1H3,(H,17,21). The van der Waals surface area contributed by atoms with E-state index >= 15 is 0 Å². The lowest BCUT2D eigenvalue weighted by molar-refractivity contribution is 0.0913. The Morgan fingerprint density at radius 1 is 1.22 bits per heavy atom. The minimum absolute atomic E-state index is 0.162. The molecule has 0 fully saturated rings. The minimum Gasteiger partial charge on any atom is -0.497 e. The molecular formula is C16H14N4O3. The number of methoxy groups -OCH3 is 1. The van der Waals surface area contributed by atoms with Gasteiger partial charge in [-0.05, 0) is 30.3 Å². The Balaban J connectivity index is 1.70. The molecule has 0 spiro atoms. The molecule has 0 atom stereocenters. The Morgan fingerprint density at radius 3 is 2.74 bits per heavy atom. The van der Waals surface area contributed by atoms with Crippen molar-refractivity contribution in [2.45, 2.75) is 6.54 Å². The first kappa shape index (κ1) is 14.7. The van der Waals surface area contributed by atoms with Crippen molar-refractivity contribution in [3.05, 3.63) is 60.4 Å². The monoisotopic (exact) mass is 310 g/mol. The lowest BCUT2D eigenvalue weighted by Crippen LogP contribution is -2.22. The third-order valence-electron chi connectivity index (χ3n) is 3.20. The molecule has 116 valence electrons. The van der Waals surface area contributed by atoms with Crippen molar-refractivity contribution in [3.63, 3.8) is 0 Å². The van der Waals surface area contributed by atoms with E-state index in [4.69, 9.17) is 9.26 Å². The van der Waals surface area contributed by atoms with E-state index < -0.39 is 0 Å². The normalized spacial score (nSPS) is 10.3. The second-order valence-corrected chi connectivity index (χ2v) is 4.68. The summed E-state index contributed by atoms with van der Waals surface area (Å²) in [5.74, 6) is 0.601. The molecule has 1 N–H and O–H groups in total. The predicted octanol–water partition coefficient (Wildman–Crippen LogP) is 2.07. The second kappa shape index (κ2) is 6.69. The number of carbonyl (C=O) groups excluding carboxylic acids is 1. The minimum atomic E-state index is -0.341. The molecule has 0 aliphatic carbocycles. The van der Waals surface area contributed by atoms with Crippen LogP contribution in [0, 0.1) is 0 Å². The molecule has 0 saturated carbocycles. The Hall–Kier alpha value is -3.22. The Kier molecular flexibility index (Phi) is 4.28. The number of nitrogens with one attached hydrogen (secondary N) is 1. The summed E-state index contributed by atoms with van der Waals surface area (Å²) in [6.07, 6.45) is 2.89. The SMILES string of the molecule is COc1ccc(-c2cc(CNC(=O)c3ccno3)ncn2)cc1. The van der Waals surface area contributed by atoms with Crippen LogP contribution in [0.3, 0.4) is 0 Å². The molecule has 3 aromatic rings. The highest BCUT2D eigenvalue weighted by molar-refractivity contribution is 5.91. The summed E-state index contributed by atoms with van der Waals surface area (Å²) in [7, 11) is 1.62. The zero-order valence-corrected chi connectivity index (χ0v) is 12.4. The van der Waals surface area contributed by atoms with Gasteiger partial charge in [0.15, 0.2) is 0 Å². The van der Waals surface area contributed by atoms with Crippen molar-refractivity contribution in [3.8, 4) is 17.0 Å². The molecule has 0 bridgehead atoms. The number of benzene rings is 1. The van der Waals surface area contributed by atoms with E-state index in [-0.39, 0.29) is 18.2 Å². The third-order valence-corrected chi connectivity index (χ3v) is 3.20. The predicted molar refractivity (Wildman–Crippen MR) is 81.7 cm³/mol. The molecule has 23 heavy (non-hydrogen) atoms. The van der Waals surface area contributed by atoms with Gasteiger partial charge in [0, 0.05) is 11.6 Å². The first-order valence-electron chi connectivity index (χ1n) is 6.90. The quantitative estimate of drug-likeness (QED) is 0.776. The molecule has 1 amide bonds. The molecule has 0 radical (unpaired) electrons. The van der Waals surface area contributed by atoms with Crippen molar-refractivity contribution in [1.82, 2.24) is 20.4 Å². The molecule has 0 saturated heterocycles. The number of aromatic nitrogens is 3. The van der Waals surface area contributed by atoms with E-state index in [1.165, 1.54) is 18.6 Å². The van der Waals surface area contributed by atoms with Crippen LogP contribution in [-0.2, 0) is 6.54 Å². The van der Waals surface area contributed by atoms with Gasteiger partial charge in [-0.2, -0.15) is 0 Å². The van der Waals surface area contributed by atoms with Crippen LogP contribution in [-0.4, -0.2) is 28.1 Å². The maximum absolute atomic E-state index is 11.8. The van der Waals surface area contributed by atoms with Crippen LogP contribution in [0.5, 0.6) is 5.75 Å². The zero-order chi connectivity index (χ0) is 16.1. The summed E-state index contributed by atoms with van der Waals surface area (Å²) < 4.78 is 9.93. The average Bonchev–Trinajstić information content (AvgIpc) is 3.15. The highest BCUT2D eigenvalue weighted by Crippen LogP contribution is 2.20. The first-order valence-corrected chi connectivity index (χ1v) is 6.90. The Morgan fingerprint density at radius 2 is 2.04 bits per heavy atom. The molecule has 0 aliphatic heterocycles. The summed E-state index contributed by atoms with van der Waals surface area (Å²) in [6, 6.07) is 10.9. The van der Waals surface area contributed by atoms with Gasteiger partial charge in [-0.3, -0.25) is 4.79 Å². The molecule has 1 aromatic carbocycles. The van der Waals surface area contributed by atoms with Crippen molar-refractivity contribution >= 4 is 5.91 Å². The van der Waals surface area contributed by atoms with E-state index in [0.29, 0.717) is 5.69 Å². The van der Waals surface area contributed by atoms with Gasteiger partial charge in [-0.25, -0.2) is 9.97 Å². The molecular weight excluding hydrogens is 296 g/mol. The highest BCUT2D eigenvalue weighted by Gasteiger charge is 2.10. The van der Waals surface area contributed by atoms with Gasteiger partial charge in [0.05, 0.1) is 31.2 Å². The van der Waals surface area contributed by atoms with Gasteiger partial charge in [0.1, 0.15) is 12.1 Å². The number of ether oxygens (including phenoxy) is 1. The Labute approximate surface area is 132 Å². The number of carbonyl (C=O) groups is 1. The van der Waals surface area contributed by atoms with Gasteiger partial charge in [0.25, 0.3) is 5.91 Å². The van der Waals surface area contributed by atoms with Crippen LogP contribution in [0.25, 0.3) is 11.3 Å². The maximum Gasteiger partial charge on any atom is 0.290 e. The van der Waals surface area contributed by atoms with Gasteiger partial charge in [0.2, 0.25) is 5.76 Å². The van der Waals surface area contributed by atoms with Crippen molar-refractivity contribution in [2.24, 2.45) is 0 Å². The molecule has 2 heterocycles. The number of hydrogen-bond acceptors (Lipinski definition) is 6. The van der Waals surface area contributed by atoms with Crippen molar-refractivity contribution < 1.29 is 14.1 Å². The van der Waals surface area contributed by atoms with E-state index in [9.17, 15) is 4.79 Å². The number of rotatable bonds is 5. The number of amides is 1. The van der Waals surface area contributed by atoms with Gasteiger partial charge in [-0.15, -0.1) is 0 Å². The molecule has 2 aromatic heterocycles. The van der Waals surface area contributed by atoms with Gasteiger partial charge >= 0.3 is 0 Å². The summed E-state index contributed by atoms with van der Waals surface area (Å²) >= 11 is 0. The average molecular weight is 310 g/mol. The fourth-order valence-electron chi connectivity index (χ4n) is 2.00. The van der Waals surface area contributed by atoms with Crippen LogP contribution in [0.15, 0.2) is 53.4 Å². The number of nitrogens with zero attached hydrogens (tertiary/aromatic N) is 3. The van der Waals surface area contributed by atoms with E-state index in [0.717, 1.165) is 17.0 Å². The second-order valence-electron chi connectivity index (χ2n) is 4.68. The smallest absolute Gasteiger partial charge is 0.290 e. The third kappa shape index (κ3) is 3.52. The topological polar surface area (TPSA) is 90.1 Å². The van der Waals surface area contributed by atoms with Crippen molar-refractivity contribution in [2.75, 3.05) is 7.11 Å². The molecule has 7 heteroatoms. The summed E-state index contributed by atoms with van der Waals surface area (Å²) in [5.41, 5.74) is 2.40. The van der Waals surface area contributed by atoms with Gasteiger partial charge < -0.3 is 14.6 Å². The van der Waals surface area contributed by atoms with Crippen LogP contribution in [0.1, 0.15) is 16.2 Å². The van der Waals surface area contributed by atoms with E-state index in [1.807, 2.05) is 30.3 Å². The first-order chi connectivity index (χ1) is 11.3. The van der Waals surface area contributed by atoms with E-state index in [1.54, 1.807) is 7.11 Å². The fourth-order valence-corrected chi connectivity index (χ4v) is 2.00.